The largest absolute Gasteiger partial charge is 0.342 e. The van der Waals surface area contributed by atoms with E-state index in [-0.39, 0.29) is 0 Å². The van der Waals surface area contributed by atoms with Crippen LogP contribution in [-0.2, 0) is 0 Å². The number of rotatable bonds is 2. The summed E-state index contributed by atoms with van der Waals surface area (Å²) in [5.41, 5.74) is 0. The summed E-state index contributed by atoms with van der Waals surface area (Å²) in [6, 6.07) is 0. The Bertz CT molecular complexity index is 151. The van der Waals surface area contributed by atoms with Crippen molar-refractivity contribution in [3.8, 4) is 0 Å². The van der Waals surface area contributed by atoms with E-state index in [0.717, 1.165) is 0 Å². The van der Waals surface area contributed by atoms with E-state index in [9.17, 15) is 0 Å². The second-order valence-corrected chi connectivity index (χ2v) is 3.71. The Morgan fingerprint density at radius 3 is 2.80 bits per heavy atom. The Hall–Kier alpha value is -0.370. The van der Waals surface area contributed by atoms with Gasteiger partial charge in [0.2, 0.25) is 0 Å². The van der Waals surface area contributed by atoms with Crippen LogP contribution >= 0.6 is 11.8 Å². The van der Waals surface area contributed by atoms with Gasteiger partial charge in [-0.05, 0) is 17.5 Å². The van der Waals surface area contributed by atoms with Gasteiger partial charge in [-0.25, -0.2) is 0 Å². The van der Waals surface area contributed by atoms with Crippen molar-refractivity contribution in [1.29, 1.82) is 0 Å². The van der Waals surface area contributed by atoms with Crippen molar-refractivity contribution in [3.63, 3.8) is 0 Å². The SMILES string of the molecule is C=CN1C=CSC1C(C)C. The van der Waals surface area contributed by atoms with Gasteiger partial charge in [0.15, 0.2) is 0 Å². The minimum atomic E-state index is 0.567. The molecule has 56 valence electrons. The maximum Gasteiger partial charge on any atom is 0.0851 e. The molecular formula is C8H13NS. The summed E-state index contributed by atoms with van der Waals surface area (Å²) in [6.07, 6.45) is 3.95. The number of hydrogen-bond acceptors (Lipinski definition) is 2. The van der Waals surface area contributed by atoms with Crippen LogP contribution < -0.4 is 0 Å². The zero-order chi connectivity index (χ0) is 7.56. The highest BCUT2D eigenvalue weighted by molar-refractivity contribution is 8.02. The molecule has 1 aliphatic rings. The van der Waals surface area contributed by atoms with Gasteiger partial charge in [0.05, 0.1) is 5.37 Å². The van der Waals surface area contributed by atoms with Crippen LogP contribution in [-0.4, -0.2) is 10.3 Å². The third kappa shape index (κ3) is 1.37. The van der Waals surface area contributed by atoms with Gasteiger partial charge in [0, 0.05) is 6.20 Å². The van der Waals surface area contributed by atoms with E-state index in [1.165, 1.54) is 0 Å². The lowest BCUT2D eigenvalue weighted by Crippen LogP contribution is -2.23. The maximum atomic E-state index is 3.74. The molecule has 1 atom stereocenters. The van der Waals surface area contributed by atoms with Gasteiger partial charge in [0.1, 0.15) is 0 Å². The van der Waals surface area contributed by atoms with Crippen LogP contribution in [0.3, 0.4) is 0 Å². The molecule has 0 aromatic rings. The molecule has 0 aromatic carbocycles. The van der Waals surface area contributed by atoms with E-state index >= 15 is 0 Å². The van der Waals surface area contributed by atoms with E-state index in [2.05, 4.69) is 36.9 Å². The van der Waals surface area contributed by atoms with Crippen LogP contribution in [0.25, 0.3) is 0 Å². The Labute approximate surface area is 66.8 Å². The van der Waals surface area contributed by atoms with Crippen molar-refractivity contribution in [2.75, 3.05) is 0 Å². The molecule has 0 spiro atoms. The summed E-state index contributed by atoms with van der Waals surface area (Å²) >= 11 is 1.86. The van der Waals surface area contributed by atoms with Crippen LogP contribution in [0.2, 0.25) is 0 Å². The first-order chi connectivity index (χ1) is 4.75. The van der Waals surface area contributed by atoms with Crippen molar-refractivity contribution in [1.82, 2.24) is 4.90 Å². The topological polar surface area (TPSA) is 3.24 Å². The Morgan fingerprint density at radius 2 is 2.40 bits per heavy atom. The normalized spacial score (nSPS) is 24.3. The minimum Gasteiger partial charge on any atom is -0.342 e. The molecule has 1 aliphatic heterocycles. The molecule has 1 heterocycles. The van der Waals surface area contributed by atoms with Crippen LogP contribution in [0.5, 0.6) is 0 Å². The van der Waals surface area contributed by atoms with E-state index in [1.54, 1.807) is 0 Å². The summed E-state index contributed by atoms with van der Waals surface area (Å²) in [5, 5.41) is 2.68. The third-order valence-electron chi connectivity index (χ3n) is 1.53. The summed E-state index contributed by atoms with van der Waals surface area (Å²) in [6.45, 7) is 8.18. The molecule has 0 radical (unpaired) electrons. The predicted molar refractivity (Wildman–Crippen MR) is 47.4 cm³/mol. The first-order valence-corrected chi connectivity index (χ1v) is 4.42. The molecule has 0 saturated heterocycles. The van der Waals surface area contributed by atoms with E-state index < -0.39 is 0 Å². The smallest absolute Gasteiger partial charge is 0.0851 e. The van der Waals surface area contributed by atoms with Crippen LogP contribution in [0, 0.1) is 5.92 Å². The second kappa shape index (κ2) is 3.15. The molecular weight excluding hydrogens is 142 g/mol. The zero-order valence-corrected chi connectivity index (χ0v) is 7.27. The first-order valence-electron chi connectivity index (χ1n) is 3.48. The highest BCUT2D eigenvalue weighted by Crippen LogP contribution is 2.30. The molecule has 0 fully saturated rings. The molecule has 2 heteroatoms. The quantitative estimate of drug-likeness (QED) is 0.603. The zero-order valence-electron chi connectivity index (χ0n) is 6.45. The average molecular weight is 155 g/mol. The van der Waals surface area contributed by atoms with Gasteiger partial charge in [0.25, 0.3) is 0 Å². The van der Waals surface area contributed by atoms with Gasteiger partial charge >= 0.3 is 0 Å². The summed E-state index contributed by atoms with van der Waals surface area (Å²) in [4.78, 5) is 2.15. The highest BCUT2D eigenvalue weighted by atomic mass is 32.2. The van der Waals surface area contributed by atoms with E-state index in [4.69, 9.17) is 0 Å². The fourth-order valence-corrected chi connectivity index (χ4v) is 1.99. The van der Waals surface area contributed by atoms with Crippen molar-refractivity contribution in [2.24, 2.45) is 5.92 Å². The van der Waals surface area contributed by atoms with Gasteiger partial charge in [-0.15, -0.1) is 11.8 Å². The molecule has 0 bridgehead atoms. The van der Waals surface area contributed by atoms with Crippen LogP contribution in [0.4, 0.5) is 0 Å². The number of hydrogen-bond donors (Lipinski definition) is 0. The van der Waals surface area contributed by atoms with Crippen molar-refractivity contribution >= 4 is 11.8 Å². The van der Waals surface area contributed by atoms with Crippen molar-refractivity contribution in [3.05, 3.63) is 24.4 Å². The summed E-state index contributed by atoms with van der Waals surface area (Å²) in [7, 11) is 0. The average Bonchev–Trinajstić information content (AvgIpc) is 2.33. The summed E-state index contributed by atoms with van der Waals surface area (Å²) < 4.78 is 0. The van der Waals surface area contributed by atoms with Gasteiger partial charge in [-0.1, -0.05) is 20.4 Å². The molecule has 1 unspecified atom stereocenters. The molecule has 0 aromatic heterocycles. The minimum absolute atomic E-state index is 0.567. The second-order valence-electron chi connectivity index (χ2n) is 2.69. The fourth-order valence-electron chi connectivity index (χ4n) is 1.01. The number of thioether (sulfide) groups is 1. The molecule has 1 nitrogen and oxygen atoms in total. The Balaban J connectivity index is 2.55. The summed E-state index contributed by atoms with van der Waals surface area (Å²) in [5.74, 6) is 0.679. The van der Waals surface area contributed by atoms with Crippen molar-refractivity contribution in [2.45, 2.75) is 19.2 Å². The Kier molecular flexibility index (Phi) is 2.44. The molecule has 0 saturated carbocycles. The lowest BCUT2D eigenvalue weighted by atomic mass is 10.2. The predicted octanol–water partition coefficient (Wildman–Crippen LogP) is 2.63. The molecule has 1 rings (SSSR count). The maximum absolute atomic E-state index is 3.74. The standard InChI is InChI=1S/C8H13NS/c1-4-9-5-6-10-8(9)7(2)3/h4-8H,1H2,2-3H3. The lowest BCUT2D eigenvalue weighted by Gasteiger charge is -2.23. The molecule has 0 N–H and O–H groups in total. The highest BCUT2D eigenvalue weighted by Gasteiger charge is 2.20. The Morgan fingerprint density at radius 1 is 1.70 bits per heavy atom. The fraction of sp³-hybridized carbons (Fsp3) is 0.500. The van der Waals surface area contributed by atoms with Gasteiger partial charge in [-0.2, -0.15) is 0 Å². The van der Waals surface area contributed by atoms with E-state index in [1.807, 2.05) is 18.0 Å². The first kappa shape index (κ1) is 7.73. The third-order valence-corrected chi connectivity index (χ3v) is 2.87. The van der Waals surface area contributed by atoms with Crippen LogP contribution in [0.15, 0.2) is 24.4 Å². The van der Waals surface area contributed by atoms with E-state index in [0.29, 0.717) is 11.3 Å². The van der Waals surface area contributed by atoms with Crippen molar-refractivity contribution < 1.29 is 0 Å². The molecule has 10 heavy (non-hydrogen) atoms. The van der Waals surface area contributed by atoms with Crippen LogP contribution in [0.1, 0.15) is 13.8 Å². The number of nitrogens with zero attached hydrogens (tertiary/aromatic N) is 1. The monoisotopic (exact) mass is 155 g/mol. The molecule has 0 amide bonds. The lowest BCUT2D eigenvalue weighted by molar-refractivity contribution is 0.395. The van der Waals surface area contributed by atoms with Gasteiger partial charge in [-0.3, -0.25) is 0 Å². The van der Waals surface area contributed by atoms with Gasteiger partial charge < -0.3 is 4.90 Å². The molecule has 0 aliphatic carbocycles.